The van der Waals surface area contributed by atoms with Gasteiger partial charge in [0, 0.05) is 12.2 Å². The van der Waals surface area contributed by atoms with Crippen molar-refractivity contribution in [1.82, 2.24) is 9.78 Å². The Bertz CT molecular complexity index is 289. The molecule has 0 spiro atoms. The highest BCUT2D eigenvalue weighted by atomic mass is 16.6. The average Bonchev–Trinajstić information content (AvgIpc) is 2.87. The van der Waals surface area contributed by atoms with Gasteiger partial charge in [-0.25, -0.2) is 0 Å². The van der Waals surface area contributed by atoms with E-state index in [9.17, 15) is 0 Å². The van der Waals surface area contributed by atoms with E-state index in [1.165, 1.54) is 5.69 Å². The molecule has 0 bridgehead atoms. The van der Waals surface area contributed by atoms with Crippen LogP contribution in [-0.2, 0) is 17.7 Å². The number of aryl methyl sites for hydroxylation is 3. The van der Waals surface area contributed by atoms with Gasteiger partial charge in [-0.3, -0.25) is 4.68 Å². The maximum Gasteiger partial charge on any atom is 0.0813 e. The average molecular weight is 180 g/mol. The van der Waals surface area contributed by atoms with Gasteiger partial charge in [0.25, 0.3) is 0 Å². The van der Waals surface area contributed by atoms with E-state index >= 15 is 0 Å². The van der Waals surface area contributed by atoms with Gasteiger partial charge in [-0.05, 0) is 32.8 Å². The molecule has 0 radical (unpaired) electrons. The van der Waals surface area contributed by atoms with Crippen LogP contribution in [0.25, 0.3) is 0 Å². The van der Waals surface area contributed by atoms with E-state index in [0.29, 0.717) is 6.10 Å². The molecule has 1 aliphatic heterocycles. The Morgan fingerprint density at radius 3 is 3.08 bits per heavy atom. The van der Waals surface area contributed by atoms with Crippen molar-refractivity contribution in [3.05, 3.63) is 17.5 Å². The largest absolute Gasteiger partial charge is 0.373 e. The summed E-state index contributed by atoms with van der Waals surface area (Å²) in [5.74, 6) is 0. The number of nitrogens with zero attached hydrogens (tertiary/aromatic N) is 2. The summed E-state index contributed by atoms with van der Waals surface area (Å²) in [5, 5.41) is 4.40. The number of aromatic nitrogens is 2. The normalized spacial score (nSPS) is 20.6. The molecule has 1 fully saturated rings. The number of hydrogen-bond acceptors (Lipinski definition) is 2. The lowest BCUT2D eigenvalue weighted by Crippen LogP contribution is -2.03. The van der Waals surface area contributed by atoms with Gasteiger partial charge >= 0.3 is 0 Å². The highest BCUT2D eigenvalue weighted by molar-refractivity contribution is 5.09. The van der Waals surface area contributed by atoms with Crippen molar-refractivity contribution >= 4 is 0 Å². The molecule has 3 heteroatoms. The monoisotopic (exact) mass is 180 g/mol. The fourth-order valence-electron chi connectivity index (χ4n) is 1.62. The van der Waals surface area contributed by atoms with Crippen LogP contribution in [0.2, 0.25) is 0 Å². The smallest absolute Gasteiger partial charge is 0.0813 e. The lowest BCUT2D eigenvalue weighted by molar-refractivity contribution is 0.394. The molecular weight excluding hydrogens is 164 g/mol. The van der Waals surface area contributed by atoms with Crippen molar-refractivity contribution in [1.29, 1.82) is 0 Å². The van der Waals surface area contributed by atoms with Crippen LogP contribution in [0.4, 0.5) is 0 Å². The molecule has 0 saturated carbocycles. The molecule has 3 nitrogen and oxygen atoms in total. The lowest BCUT2D eigenvalue weighted by atomic mass is 10.2. The van der Waals surface area contributed by atoms with Crippen molar-refractivity contribution in [2.45, 2.75) is 39.3 Å². The van der Waals surface area contributed by atoms with Crippen molar-refractivity contribution in [2.75, 3.05) is 6.61 Å². The summed E-state index contributed by atoms with van der Waals surface area (Å²) in [6.45, 7) is 6.10. The molecule has 2 heterocycles. The van der Waals surface area contributed by atoms with Crippen LogP contribution in [0.3, 0.4) is 0 Å². The third-order valence-corrected chi connectivity index (χ3v) is 2.41. The Hall–Kier alpha value is -0.830. The fraction of sp³-hybridized carbons (Fsp3) is 0.700. The van der Waals surface area contributed by atoms with Crippen molar-refractivity contribution < 1.29 is 4.74 Å². The van der Waals surface area contributed by atoms with E-state index < -0.39 is 0 Å². The summed E-state index contributed by atoms with van der Waals surface area (Å²) in [7, 11) is 0. The summed E-state index contributed by atoms with van der Waals surface area (Å²) >= 11 is 0. The highest BCUT2D eigenvalue weighted by Crippen LogP contribution is 2.17. The van der Waals surface area contributed by atoms with Gasteiger partial charge in [-0.15, -0.1) is 0 Å². The Balaban J connectivity index is 1.99. The first-order valence-electron chi connectivity index (χ1n) is 4.94. The van der Waals surface area contributed by atoms with Gasteiger partial charge in [0.1, 0.15) is 0 Å². The Kier molecular flexibility index (Phi) is 2.36. The number of rotatable bonds is 4. The molecule has 0 amide bonds. The standard InChI is InChI=1S/C10H16N2O/c1-3-12-9(6-8(2)11-12)4-5-10-7-13-10/h6,10H,3-5,7H2,1-2H3. The molecule has 1 aromatic rings. The van der Waals surface area contributed by atoms with Gasteiger partial charge in [-0.1, -0.05) is 0 Å². The van der Waals surface area contributed by atoms with E-state index in [1.54, 1.807) is 0 Å². The van der Waals surface area contributed by atoms with Crippen LogP contribution in [0.1, 0.15) is 24.7 Å². The molecule has 72 valence electrons. The quantitative estimate of drug-likeness (QED) is 0.658. The topological polar surface area (TPSA) is 30.4 Å². The third kappa shape index (κ3) is 2.10. The molecular formula is C10H16N2O. The molecule has 1 aliphatic rings. The van der Waals surface area contributed by atoms with Crippen molar-refractivity contribution in [3.63, 3.8) is 0 Å². The molecule has 1 atom stereocenters. The van der Waals surface area contributed by atoms with E-state index in [4.69, 9.17) is 4.74 Å². The zero-order valence-corrected chi connectivity index (χ0v) is 8.29. The molecule has 1 unspecified atom stereocenters. The van der Waals surface area contributed by atoms with E-state index in [1.807, 2.05) is 6.92 Å². The summed E-state index contributed by atoms with van der Waals surface area (Å²) in [5.41, 5.74) is 2.46. The van der Waals surface area contributed by atoms with Gasteiger partial charge in [0.05, 0.1) is 18.4 Å². The Morgan fingerprint density at radius 2 is 2.46 bits per heavy atom. The van der Waals surface area contributed by atoms with Crippen LogP contribution in [0.15, 0.2) is 6.07 Å². The predicted octanol–water partition coefficient (Wildman–Crippen LogP) is 1.54. The maximum atomic E-state index is 5.18. The van der Waals surface area contributed by atoms with Gasteiger partial charge in [0.2, 0.25) is 0 Å². The molecule has 1 saturated heterocycles. The second-order valence-corrected chi connectivity index (χ2v) is 3.59. The van der Waals surface area contributed by atoms with Crippen LogP contribution in [-0.4, -0.2) is 22.5 Å². The first kappa shape index (κ1) is 8.75. The van der Waals surface area contributed by atoms with Crippen LogP contribution in [0, 0.1) is 6.92 Å². The fourth-order valence-corrected chi connectivity index (χ4v) is 1.62. The zero-order chi connectivity index (χ0) is 9.26. The highest BCUT2D eigenvalue weighted by Gasteiger charge is 2.22. The van der Waals surface area contributed by atoms with Crippen molar-refractivity contribution in [3.8, 4) is 0 Å². The van der Waals surface area contributed by atoms with Crippen molar-refractivity contribution in [2.24, 2.45) is 0 Å². The number of hydrogen-bond donors (Lipinski definition) is 0. The third-order valence-electron chi connectivity index (χ3n) is 2.41. The Morgan fingerprint density at radius 1 is 1.69 bits per heavy atom. The summed E-state index contributed by atoms with van der Waals surface area (Å²) in [6.07, 6.45) is 2.77. The minimum atomic E-state index is 0.528. The second kappa shape index (κ2) is 3.50. The number of ether oxygens (including phenoxy) is 1. The minimum Gasteiger partial charge on any atom is -0.373 e. The second-order valence-electron chi connectivity index (χ2n) is 3.59. The zero-order valence-electron chi connectivity index (χ0n) is 8.29. The predicted molar refractivity (Wildman–Crippen MR) is 50.7 cm³/mol. The number of epoxide rings is 1. The van der Waals surface area contributed by atoms with Crippen LogP contribution in [0.5, 0.6) is 0 Å². The minimum absolute atomic E-state index is 0.528. The molecule has 1 aromatic heterocycles. The van der Waals surface area contributed by atoms with Gasteiger partial charge in [-0.2, -0.15) is 5.10 Å². The van der Waals surface area contributed by atoms with Crippen LogP contribution >= 0.6 is 0 Å². The molecule has 2 rings (SSSR count). The first-order valence-corrected chi connectivity index (χ1v) is 4.94. The summed E-state index contributed by atoms with van der Waals surface area (Å²) in [4.78, 5) is 0. The summed E-state index contributed by atoms with van der Waals surface area (Å²) < 4.78 is 7.26. The van der Waals surface area contributed by atoms with E-state index in [2.05, 4.69) is 22.8 Å². The van der Waals surface area contributed by atoms with Gasteiger partial charge < -0.3 is 4.74 Å². The Labute approximate surface area is 78.7 Å². The lowest BCUT2D eigenvalue weighted by Gasteiger charge is -2.02. The maximum absolute atomic E-state index is 5.18. The molecule has 0 aliphatic carbocycles. The van der Waals surface area contributed by atoms with E-state index in [0.717, 1.165) is 31.7 Å². The van der Waals surface area contributed by atoms with E-state index in [-0.39, 0.29) is 0 Å². The van der Waals surface area contributed by atoms with Crippen LogP contribution < -0.4 is 0 Å². The SMILES string of the molecule is CCn1nc(C)cc1CCC1CO1. The summed E-state index contributed by atoms with van der Waals surface area (Å²) in [6, 6.07) is 2.17. The molecule has 0 aromatic carbocycles. The first-order chi connectivity index (χ1) is 6.29. The molecule has 0 N–H and O–H groups in total. The molecule has 13 heavy (non-hydrogen) atoms. The van der Waals surface area contributed by atoms with Gasteiger partial charge in [0.15, 0.2) is 0 Å².